The molecule has 0 aliphatic carbocycles. The summed E-state index contributed by atoms with van der Waals surface area (Å²) in [6.45, 7) is 0. The molecule has 0 aliphatic heterocycles. The molecule has 4 N–H and O–H groups in total. The van der Waals surface area contributed by atoms with Gasteiger partial charge in [0.25, 0.3) is 0 Å². The van der Waals surface area contributed by atoms with Gasteiger partial charge in [0.1, 0.15) is 17.8 Å². The molecular weight excluding hydrogens is 218 g/mol. The molecule has 0 spiro atoms. The SMILES string of the molecule is N#CC(N)=C(C#N)NC(=O)Nc1ccccc1. The average Bonchev–Trinajstić information content (AvgIpc) is 2.36. The topological polar surface area (TPSA) is 115 Å². The fraction of sp³-hybridized carbons (Fsp3) is 0. The minimum absolute atomic E-state index is 0.277. The highest BCUT2D eigenvalue weighted by Crippen LogP contribution is 2.04. The Morgan fingerprint density at radius 3 is 2.35 bits per heavy atom. The summed E-state index contributed by atoms with van der Waals surface area (Å²) in [6.07, 6.45) is 0. The molecule has 0 fully saturated rings. The number of amides is 2. The van der Waals surface area contributed by atoms with Gasteiger partial charge in [0.05, 0.1) is 0 Å². The molecule has 1 aromatic carbocycles. The maximum atomic E-state index is 11.4. The van der Waals surface area contributed by atoms with Crippen LogP contribution in [0.25, 0.3) is 0 Å². The number of urea groups is 1. The lowest BCUT2D eigenvalue weighted by molar-refractivity contribution is 0.254. The van der Waals surface area contributed by atoms with Crippen LogP contribution in [0.3, 0.4) is 0 Å². The number of rotatable bonds is 2. The number of nitrogens with one attached hydrogen (secondary N) is 2. The number of nitriles is 2. The molecule has 6 heteroatoms. The molecule has 0 radical (unpaired) electrons. The second kappa shape index (κ2) is 5.79. The predicted octanol–water partition coefficient (Wildman–Crippen LogP) is 1.03. The number of carbonyl (C=O) groups is 1. The van der Waals surface area contributed by atoms with Gasteiger partial charge < -0.3 is 11.1 Å². The lowest BCUT2D eigenvalue weighted by Crippen LogP contribution is -2.29. The number of carbonyl (C=O) groups excluding carboxylic acids is 1. The quantitative estimate of drug-likeness (QED) is 0.654. The molecule has 0 aromatic heterocycles. The highest BCUT2D eigenvalue weighted by molar-refractivity contribution is 5.90. The molecule has 0 atom stereocenters. The zero-order valence-electron chi connectivity index (χ0n) is 8.77. The van der Waals surface area contributed by atoms with Crippen LogP contribution in [0.15, 0.2) is 41.7 Å². The van der Waals surface area contributed by atoms with Crippen LogP contribution >= 0.6 is 0 Å². The van der Waals surface area contributed by atoms with E-state index in [2.05, 4.69) is 10.6 Å². The van der Waals surface area contributed by atoms with E-state index in [4.69, 9.17) is 16.3 Å². The first-order valence-electron chi connectivity index (χ1n) is 4.60. The van der Waals surface area contributed by atoms with Crippen molar-refractivity contribution in [1.29, 1.82) is 10.5 Å². The number of nitrogens with zero attached hydrogens (tertiary/aromatic N) is 2. The normalized spacial score (nSPS) is 10.5. The van der Waals surface area contributed by atoms with Crippen LogP contribution in [0.4, 0.5) is 10.5 Å². The standard InChI is InChI=1S/C11H9N5O/c12-6-9(14)10(7-13)16-11(17)15-8-4-2-1-3-5-8/h1-5H,14H2,(H2,15,16,17). The number of para-hydroxylation sites is 1. The van der Waals surface area contributed by atoms with Crippen molar-refractivity contribution < 1.29 is 4.79 Å². The second-order valence-corrected chi connectivity index (χ2v) is 2.96. The van der Waals surface area contributed by atoms with E-state index in [1.165, 1.54) is 0 Å². The summed E-state index contributed by atoms with van der Waals surface area (Å²) in [5.41, 5.74) is 5.18. The number of benzene rings is 1. The summed E-state index contributed by atoms with van der Waals surface area (Å²) >= 11 is 0. The van der Waals surface area contributed by atoms with E-state index in [-0.39, 0.29) is 11.4 Å². The Hall–Kier alpha value is -2.99. The smallest absolute Gasteiger partial charge is 0.324 e. The van der Waals surface area contributed by atoms with E-state index in [1.54, 1.807) is 42.5 Å². The summed E-state index contributed by atoms with van der Waals surface area (Å²) in [7, 11) is 0. The van der Waals surface area contributed by atoms with Crippen molar-refractivity contribution in [2.24, 2.45) is 5.73 Å². The fourth-order valence-electron chi connectivity index (χ4n) is 1.01. The largest absolute Gasteiger partial charge is 0.388 e. The molecular formula is C11H9N5O. The van der Waals surface area contributed by atoms with E-state index < -0.39 is 6.03 Å². The van der Waals surface area contributed by atoms with Gasteiger partial charge in [-0.25, -0.2) is 4.79 Å². The Balaban J connectivity index is 2.69. The van der Waals surface area contributed by atoms with Crippen molar-refractivity contribution in [2.45, 2.75) is 0 Å². The van der Waals surface area contributed by atoms with Crippen LogP contribution in [-0.4, -0.2) is 6.03 Å². The van der Waals surface area contributed by atoms with Gasteiger partial charge in [0, 0.05) is 5.69 Å². The van der Waals surface area contributed by atoms with E-state index in [1.807, 2.05) is 0 Å². The molecule has 0 saturated heterocycles. The fourth-order valence-corrected chi connectivity index (χ4v) is 1.01. The number of nitrogens with two attached hydrogens (primary N) is 1. The van der Waals surface area contributed by atoms with Crippen molar-refractivity contribution in [3.05, 3.63) is 41.7 Å². The molecule has 0 heterocycles. The van der Waals surface area contributed by atoms with Gasteiger partial charge in [-0.05, 0) is 12.1 Å². The molecule has 6 nitrogen and oxygen atoms in total. The Morgan fingerprint density at radius 2 is 1.82 bits per heavy atom. The van der Waals surface area contributed by atoms with Crippen molar-refractivity contribution in [2.75, 3.05) is 5.32 Å². The third-order valence-electron chi connectivity index (χ3n) is 1.77. The Kier molecular flexibility index (Phi) is 4.11. The highest BCUT2D eigenvalue weighted by atomic mass is 16.2. The third-order valence-corrected chi connectivity index (χ3v) is 1.77. The van der Waals surface area contributed by atoms with Crippen molar-refractivity contribution in [1.82, 2.24) is 5.32 Å². The molecule has 1 aromatic rings. The second-order valence-electron chi connectivity index (χ2n) is 2.96. The molecule has 0 saturated carbocycles. The molecule has 84 valence electrons. The lowest BCUT2D eigenvalue weighted by Gasteiger charge is -2.06. The Bertz CT molecular complexity index is 521. The van der Waals surface area contributed by atoms with Gasteiger partial charge >= 0.3 is 6.03 Å². The maximum absolute atomic E-state index is 11.4. The average molecular weight is 227 g/mol. The first-order valence-corrected chi connectivity index (χ1v) is 4.60. The molecule has 0 unspecified atom stereocenters. The van der Waals surface area contributed by atoms with Gasteiger partial charge in [0.15, 0.2) is 5.70 Å². The summed E-state index contributed by atoms with van der Waals surface area (Å²) in [5, 5.41) is 21.8. The van der Waals surface area contributed by atoms with E-state index in [0.29, 0.717) is 5.69 Å². The number of allylic oxidation sites excluding steroid dienone is 2. The zero-order valence-corrected chi connectivity index (χ0v) is 8.77. The zero-order chi connectivity index (χ0) is 12.7. The van der Waals surface area contributed by atoms with Crippen LogP contribution in [0, 0.1) is 22.7 Å². The van der Waals surface area contributed by atoms with Gasteiger partial charge in [-0.3, -0.25) is 5.32 Å². The minimum atomic E-state index is -0.633. The van der Waals surface area contributed by atoms with Crippen molar-refractivity contribution in [3.63, 3.8) is 0 Å². The molecule has 17 heavy (non-hydrogen) atoms. The van der Waals surface area contributed by atoms with Crippen LogP contribution < -0.4 is 16.4 Å². The number of hydrogen-bond acceptors (Lipinski definition) is 4. The van der Waals surface area contributed by atoms with Crippen LogP contribution in [0.2, 0.25) is 0 Å². The van der Waals surface area contributed by atoms with Crippen LogP contribution in [0.1, 0.15) is 0 Å². The predicted molar refractivity (Wildman–Crippen MR) is 61.0 cm³/mol. The van der Waals surface area contributed by atoms with Crippen LogP contribution in [-0.2, 0) is 0 Å². The summed E-state index contributed by atoms with van der Waals surface area (Å²) in [4.78, 5) is 11.4. The van der Waals surface area contributed by atoms with Crippen LogP contribution in [0.5, 0.6) is 0 Å². The summed E-state index contributed by atoms with van der Waals surface area (Å²) < 4.78 is 0. The lowest BCUT2D eigenvalue weighted by atomic mass is 10.3. The monoisotopic (exact) mass is 227 g/mol. The van der Waals surface area contributed by atoms with Gasteiger partial charge in [-0.2, -0.15) is 10.5 Å². The third kappa shape index (κ3) is 3.57. The first kappa shape index (κ1) is 12.1. The van der Waals surface area contributed by atoms with Gasteiger partial charge in [-0.1, -0.05) is 18.2 Å². The van der Waals surface area contributed by atoms with Crippen molar-refractivity contribution in [3.8, 4) is 12.1 Å². The molecule has 0 bridgehead atoms. The molecule has 0 aliphatic rings. The van der Waals surface area contributed by atoms with E-state index >= 15 is 0 Å². The number of hydrogen-bond donors (Lipinski definition) is 3. The molecule has 1 rings (SSSR count). The van der Waals surface area contributed by atoms with Gasteiger partial charge in [0.2, 0.25) is 0 Å². The van der Waals surface area contributed by atoms with Gasteiger partial charge in [-0.15, -0.1) is 0 Å². The summed E-state index contributed by atoms with van der Waals surface area (Å²) in [5.74, 6) is 0. The summed E-state index contributed by atoms with van der Waals surface area (Å²) in [6, 6.07) is 11.2. The highest BCUT2D eigenvalue weighted by Gasteiger charge is 2.07. The number of anilines is 1. The Morgan fingerprint density at radius 1 is 1.18 bits per heavy atom. The van der Waals surface area contributed by atoms with E-state index in [0.717, 1.165) is 0 Å². The maximum Gasteiger partial charge on any atom is 0.324 e. The first-order chi connectivity index (χ1) is 8.17. The van der Waals surface area contributed by atoms with E-state index in [9.17, 15) is 4.79 Å². The Labute approximate surface area is 98.0 Å². The molecule has 2 amide bonds. The minimum Gasteiger partial charge on any atom is -0.388 e. The van der Waals surface area contributed by atoms with Crippen molar-refractivity contribution >= 4 is 11.7 Å².